The largest absolute Gasteiger partial charge is 0.457 e. The van der Waals surface area contributed by atoms with Crippen molar-refractivity contribution in [3.8, 4) is 22.6 Å². The lowest BCUT2D eigenvalue weighted by molar-refractivity contribution is 0.483. The van der Waals surface area contributed by atoms with Crippen LogP contribution >= 0.6 is 11.6 Å². The van der Waals surface area contributed by atoms with E-state index in [0.29, 0.717) is 17.0 Å². The van der Waals surface area contributed by atoms with Crippen molar-refractivity contribution in [3.05, 3.63) is 66.1 Å². The molecule has 0 unspecified atom stereocenters. The molecular formula is C23H21ClN4O. The molecule has 2 N–H and O–H groups in total. The minimum Gasteiger partial charge on any atom is -0.457 e. The number of fused-ring (bicyclic) bond motifs is 1. The predicted octanol–water partition coefficient (Wildman–Crippen LogP) is 6.24. The summed E-state index contributed by atoms with van der Waals surface area (Å²) in [7, 11) is 0. The molecule has 1 fully saturated rings. The second-order valence-electron chi connectivity index (χ2n) is 7.37. The minimum absolute atomic E-state index is 0.355. The van der Waals surface area contributed by atoms with Gasteiger partial charge in [0.25, 0.3) is 0 Å². The topological polar surface area (TPSA) is 66.0 Å². The molecule has 1 aliphatic carbocycles. The van der Waals surface area contributed by atoms with Crippen molar-refractivity contribution in [2.45, 2.75) is 31.7 Å². The lowest BCUT2D eigenvalue weighted by Crippen LogP contribution is -2.05. The zero-order valence-electron chi connectivity index (χ0n) is 15.9. The van der Waals surface area contributed by atoms with Gasteiger partial charge in [0.2, 0.25) is 0 Å². The van der Waals surface area contributed by atoms with Crippen molar-refractivity contribution in [3.63, 3.8) is 0 Å². The molecule has 0 spiro atoms. The molecule has 0 saturated heterocycles. The van der Waals surface area contributed by atoms with Crippen LogP contribution in [0.15, 0.2) is 60.9 Å². The van der Waals surface area contributed by atoms with E-state index in [2.05, 4.69) is 14.5 Å². The van der Waals surface area contributed by atoms with Gasteiger partial charge in [0, 0.05) is 11.6 Å². The second-order valence-corrected chi connectivity index (χ2v) is 7.73. The lowest BCUT2D eigenvalue weighted by Gasteiger charge is -2.14. The predicted molar refractivity (Wildman–Crippen MR) is 116 cm³/mol. The molecule has 2 heterocycles. The first-order chi connectivity index (χ1) is 14.2. The first kappa shape index (κ1) is 18.0. The van der Waals surface area contributed by atoms with E-state index in [9.17, 15) is 0 Å². The molecule has 4 aromatic rings. The maximum Gasteiger partial charge on any atom is 0.147 e. The van der Waals surface area contributed by atoms with Gasteiger partial charge in [-0.15, -0.1) is 0 Å². The number of ether oxygens (including phenoxy) is 1. The van der Waals surface area contributed by atoms with Crippen molar-refractivity contribution in [2.24, 2.45) is 0 Å². The van der Waals surface area contributed by atoms with Gasteiger partial charge in [0.1, 0.15) is 34.4 Å². The summed E-state index contributed by atoms with van der Waals surface area (Å²) in [5.41, 5.74) is 8.93. The Hall–Kier alpha value is -3.05. The van der Waals surface area contributed by atoms with E-state index in [0.717, 1.165) is 46.5 Å². The van der Waals surface area contributed by atoms with Crippen LogP contribution in [0.2, 0.25) is 5.15 Å². The summed E-state index contributed by atoms with van der Waals surface area (Å²) in [5, 5.41) is 1.50. The summed E-state index contributed by atoms with van der Waals surface area (Å²) in [6.07, 6.45) is 6.15. The Kier molecular flexibility index (Phi) is 4.60. The number of hydrogen-bond acceptors (Lipinski definition) is 4. The maximum atomic E-state index is 6.92. The van der Waals surface area contributed by atoms with E-state index >= 15 is 0 Å². The third kappa shape index (κ3) is 3.21. The second kappa shape index (κ2) is 7.41. The molecule has 5 rings (SSSR count). The Bertz CT molecular complexity index is 1150. The van der Waals surface area contributed by atoms with Crippen LogP contribution in [0.5, 0.6) is 11.5 Å². The fourth-order valence-corrected chi connectivity index (χ4v) is 4.62. The standard InChI is InChI=1S/C23H21ClN4O/c24-21-19(15-10-12-18(13-11-15)29-17-8-2-1-3-9-17)20-22(25)26-14-27-23(20)28(21)16-6-4-5-7-16/h1-3,8-14,16H,4-7H2,(H2,25,26,27). The van der Waals surface area contributed by atoms with Gasteiger partial charge in [-0.1, -0.05) is 54.8 Å². The van der Waals surface area contributed by atoms with Gasteiger partial charge in [0.15, 0.2) is 0 Å². The molecule has 5 nitrogen and oxygen atoms in total. The van der Waals surface area contributed by atoms with Crippen molar-refractivity contribution in [2.75, 3.05) is 5.73 Å². The van der Waals surface area contributed by atoms with E-state index in [4.69, 9.17) is 22.1 Å². The van der Waals surface area contributed by atoms with Crippen LogP contribution in [-0.4, -0.2) is 14.5 Å². The first-order valence-corrected chi connectivity index (χ1v) is 10.2. The third-order valence-corrected chi connectivity index (χ3v) is 5.94. The van der Waals surface area contributed by atoms with Crippen LogP contribution in [0.4, 0.5) is 5.82 Å². The fourth-order valence-electron chi connectivity index (χ4n) is 4.20. The molecule has 0 radical (unpaired) electrons. The van der Waals surface area contributed by atoms with Crippen LogP contribution in [0.25, 0.3) is 22.2 Å². The summed E-state index contributed by atoms with van der Waals surface area (Å²) in [4.78, 5) is 8.75. The average Bonchev–Trinajstić information content (AvgIpc) is 3.36. The SMILES string of the molecule is Nc1ncnc2c1c(-c1ccc(Oc3ccccc3)cc1)c(Cl)n2C1CCCC1. The van der Waals surface area contributed by atoms with Crippen LogP contribution < -0.4 is 10.5 Å². The van der Waals surface area contributed by atoms with Crippen molar-refractivity contribution >= 4 is 28.5 Å². The van der Waals surface area contributed by atoms with Gasteiger partial charge in [-0.3, -0.25) is 0 Å². The molecular weight excluding hydrogens is 384 g/mol. The van der Waals surface area contributed by atoms with Crippen molar-refractivity contribution in [1.29, 1.82) is 0 Å². The molecule has 1 saturated carbocycles. The van der Waals surface area contributed by atoms with Gasteiger partial charge >= 0.3 is 0 Å². The number of benzene rings is 2. The van der Waals surface area contributed by atoms with Gasteiger partial charge in [-0.25, -0.2) is 9.97 Å². The number of nitrogen functional groups attached to an aromatic ring is 1. The van der Waals surface area contributed by atoms with Crippen LogP contribution in [-0.2, 0) is 0 Å². The van der Waals surface area contributed by atoms with E-state index in [-0.39, 0.29) is 0 Å². The monoisotopic (exact) mass is 404 g/mol. The van der Waals surface area contributed by atoms with Crippen LogP contribution in [0.3, 0.4) is 0 Å². The van der Waals surface area contributed by atoms with Gasteiger partial charge in [0.05, 0.1) is 5.39 Å². The highest BCUT2D eigenvalue weighted by molar-refractivity contribution is 6.35. The van der Waals surface area contributed by atoms with E-state index in [1.807, 2.05) is 54.6 Å². The maximum absolute atomic E-state index is 6.92. The van der Waals surface area contributed by atoms with Crippen molar-refractivity contribution in [1.82, 2.24) is 14.5 Å². The molecule has 1 aliphatic rings. The zero-order chi connectivity index (χ0) is 19.8. The number of para-hydroxylation sites is 1. The normalized spacial score (nSPS) is 14.5. The van der Waals surface area contributed by atoms with E-state index < -0.39 is 0 Å². The number of hydrogen-bond donors (Lipinski definition) is 1. The van der Waals surface area contributed by atoms with E-state index in [1.165, 1.54) is 19.2 Å². The summed E-state index contributed by atoms with van der Waals surface area (Å²) in [5.74, 6) is 2.02. The lowest BCUT2D eigenvalue weighted by atomic mass is 10.1. The molecule has 2 aromatic heterocycles. The zero-order valence-corrected chi connectivity index (χ0v) is 16.6. The molecule has 0 amide bonds. The van der Waals surface area contributed by atoms with Gasteiger partial charge < -0.3 is 15.0 Å². The summed E-state index contributed by atoms with van der Waals surface area (Å²) < 4.78 is 8.05. The average molecular weight is 405 g/mol. The molecule has 29 heavy (non-hydrogen) atoms. The number of aromatic nitrogens is 3. The Balaban J connectivity index is 1.59. The minimum atomic E-state index is 0.355. The van der Waals surface area contributed by atoms with Crippen molar-refractivity contribution < 1.29 is 4.74 Å². The molecule has 0 aliphatic heterocycles. The van der Waals surface area contributed by atoms with Crippen LogP contribution in [0, 0.1) is 0 Å². The highest BCUT2D eigenvalue weighted by atomic mass is 35.5. The third-order valence-electron chi connectivity index (χ3n) is 5.56. The smallest absolute Gasteiger partial charge is 0.147 e. The highest BCUT2D eigenvalue weighted by Crippen LogP contribution is 2.44. The highest BCUT2D eigenvalue weighted by Gasteiger charge is 2.27. The Morgan fingerprint density at radius 2 is 1.62 bits per heavy atom. The summed E-state index contributed by atoms with van der Waals surface area (Å²) in [6.45, 7) is 0. The number of rotatable bonds is 4. The number of nitrogens with two attached hydrogens (primary N) is 1. The van der Waals surface area contributed by atoms with Crippen LogP contribution in [0.1, 0.15) is 31.7 Å². The quantitative estimate of drug-likeness (QED) is 0.437. The molecule has 146 valence electrons. The Morgan fingerprint density at radius 3 is 2.34 bits per heavy atom. The Labute approximate surface area is 174 Å². The molecule has 6 heteroatoms. The number of nitrogens with zero attached hydrogens (tertiary/aromatic N) is 3. The first-order valence-electron chi connectivity index (χ1n) is 9.85. The summed E-state index contributed by atoms with van der Waals surface area (Å²) >= 11 is 6.92. The molecule has 2 aromatic carbocycles. The van der Waals surface area contributed by atoms with Gasteiger partial charge in [-0.2, -0.15) is 0 Å². The van der Waals surface area contributed by atoms with Gasteiger partial charge in [-0.05, 0) is 42.7 Å². The number of halogens is 1. The van der Waals surface area contributed by atoms with E-state index in [1.54, 1.807) is 0 Å². The number of anilines is 1. The molecule has 0 bridgehead atoms. The summed E-state index contributed by atoms with van der Waals surface area (Å²) in [6, 6.07) is 18.0. The fraction of sp³-hybridized carbons (Fsp3) is 0.217. The Morgan fingerprint density at radius 1 is 0.931 bits per heavy atom. The molecule has 0 atom stereocenters.